The maximum atomic E-state index is 11.8. The number of carboxylic acids is 1. The molecule has 0 spiro atoms. The highest BCUT2D eigenvalue weighted by Crippen LogP contribution is 2.13. The number of nitrogens with two attached hydrogens (primary N) is 1. The molecule has 0 aliphatic heterocycles. The highest BCUT2D eigenvalue weighted by molar-refractivity contribution is 5.93. The number of aliphatic carboxylic acids is 1. The molecule has 0 saturated carbocycles. The minimum atomic E-state index is -1.05. The van der Waals surface area contributed by atoms with Gasteiger partial charge < -0.3 is 20.9 Å². The first-order valence-electron chi connectivity index (χ1n) is 7.40. The van der Waals surface area contributed by atoms with E-state index in [0.29, 0.717) is 17.7 Å². The van der Waals surface area contributed by atoms with Gasteiger partial charge in [-0.1, -0.05) is 26.3 Å². The van der Waals surface area contributed by atoms with Gasteiger partial charge in [0.15, 0.2) is 0 Å². The molecule has 0 bridgehead atoms. The van der Waals surface area contributed by atoms with Crippen molar-refractivity contribution in [3.05, 3.63) is 29.8 Å². The maximum absolute atomic E-state index is 11.8. The summed E-state index contributed by atoms with van der Waals surface area (Å²) < 4.78 is 5.38. The molecule has 0 aliphatic carbocycles. The first kappa shape index (κ1) is 18.5. The van der Waals surface area contributed by atoms with Gasteiger partial charge in [0.05, 0.1) is 13.0 Å². The van der Waals surface area contributed by atoms with E-state index in [0.717, 1.165) is 0 Å². The molecule has 2 atom stereocenters. The Kier molecular flexibility index (Phi) is 7.05. The minimum Gasteiger partial charge on any atom is -0.493 e. The summed E-state index contributed by atoms with van der Waals surface area (Å²) in [5, 5.41) is 11.6. The minimum absolute atomic E-state index is 0.0149. The van der Waals surface area contributed by atoms with Gasteiger partial charge in [-0.05, 0) is 24.1 Å². The number of hydrogen-bond acceptors (Lipinski definition) is 4. The highest BCUT2D eigenvalue weighted by Gasteiger charge is 2.24. The number of ether oxygens (including phenoxy) is 1. The van der Waals surface area contributed by atoms with E-state index >= 15 is 0 Å². The monoisotopic (exact) mass is 322 g/mol. The van der Waals surface area contributed by atoms with Crippen LogP contribution < -0.4 is 15.8 Å². The maximum Gasteiger partial charge on any atom is 0.326 e. The van der Waals surface area contributed by atoms with Gasteiger partial charge in [0.25, 0.3) is 0 Å². The summed E-state index contributed by atoms with van der Waals surface area (Å²) in [6.45, 7) is 3.70. The number of carboxylic acid groups (broad SMARTS) is 1. The van der Waals surface area contributed by atoms with E-state index in [1.165, 1.54) is 6.07 Å². The summed E-state index contributed by atoms with van der Waals surface area (Å²) in [5.41, 5.74) is 5.48. The van der Waals surface area contributed by atoms with E-state index < -0.39 is 23.8 Å². The first-order chi connectivity index (χ1) is 10.8. The second-order valence-electron chi connectivity index (χ2n) is 5.26. The van der Waals surface area contributed by atoms with Crippen molar-refractivity contribution in [3.63, 3.8) is 0 Å². The van der Waals surface area contributed by atoms with Gasteiger partial charge in [0.1, 0.15) is 11.8 Å². The van der Waals surface area contributed by atoms with Crippen LogP contribution in [0.5, 0.6) is 5.75 Å². The number of amides is 2. The van der Waals surface area contributed by atoms with Crippen LogP contribution in [0.4, 0.5) is 0 Å². The number of nitrogens with one attached hydrogen (secondary N) is 1. The number of carbonyl (C=O) groups is 3. The molecule has 4 N–H and O–H groups in total. The summed E-state index contributed by atoms with van der Waals surface area (Å²) >= 11 is 0. The van der Waals surface area contributed by atoms with Crippen LogP contribution in [-0.4, -0.2) is 35.5 Å². The lowest BCUT2D eigenvalue weighted by molar-refractivity contribution is -0.143. The van der Waals surface area contributed by atoms with Gasteiger partial charge >= 0.3 is 5.97 Å². The lowest BCUT2D eigenvalue weighted by atomic mass is 9.99. The van der Waals surface area contributed by atoms with Crippen molar-refractivity contribution in [2.75, 3.05) is 6.61 Å². The zero-order valence-corrected chi connectivity index (χ0v) is 13.2. The van der Waals surface area contributed by atoms with E-state index in [1.54, 1.807) is 25.1 Å². The van der Waals surface area contributed by atoms with Gasteiger partial charge in [-0.3, -0.25) is 9.59 Å². The third-order valence-electron chi connectivity index (χ3n) is 3.51. The predicted molar refractivity (Wildman–Crippen MR) is 84.1 cm³/mol. The van der Waals surface area contributed by atoms with Crippen LogP contribution in [0, 0.1) is 5.92 Å². The predicted octanol–water partition coefficient (Wildman–Crippen LogP) is 1.17. The molecule has 7 nitrogen and oxygen atoms in total. The van der Waals surface area contributed by atoms with Crippen LogP contribution >= 0.6 is 0 Å². The summed E-state index contributed by atoms with van der Waals surface area (Å²) in [6, 6.07) is 5.40. The van der Waals surface area contributed by atoms with Crippen LogP contribution in [0.15, 0.2) is 24.3 Å². The Bertz CT molecular complexity index is 573. The molecule has 1 aromatic carbocycles. The highest BCUT2D eigenvalue weighted by atomic mass is 16.5. The number of carbonyl (C=O) groups excluding carboxylic acids is 2. The molecule has 7 heteroatoms. The SMILES string of the molecule is CC[C@H](C)[C@H](NC(=O)CCOc1cccc(C(N)=O)c1)C(=O)O. The molecule has 1 rings (SSSR count). The van der Waals surface area contributed by atoms with Gasteiger partial charge in [0.2, 0.25) is 11.8 Å². The second kappa shape index (κ2) is 8.77. The Morgan fingerprint density at radius 3 is 2.61 bits per heavy atom. The molecule has 0 radical (unpaired) electrons. The van der Waals surface area contributed by atoms with E-state index in [9.17, 15) is 14.4 Å². The van der Waals surface area contributed by atoms with E-state index in [2.05, 4.69) is 5.32 Å². The molecule has 23 heavy (non-hydrogen) atoms. The largest absolute Gasteiger partial charge is 0.493 e. The zero-order chi connectivity index (χ0) is 17.4. The Morgan fingerprint density at radius 2 is 2.04 bits per heavy atom. The van der Waals surface area contributed by atoms with Crippen molar-refractivity contribution in [1.82, 2.24) is 5.32 Å². The Hall–Kier alpha value is -2.57. The van der Waals surface area contributed by atoms with Crippen molar-refractivity contribution >= 4 is 17.8 Å². The van der Waals surface area contributed by atoms with Gasteiger partial charge in [-0.15, -0.1) is 0 Å². The van der Waals surface area contributed by atoms with Crippen LogP contribution in [0.2, 0.25) is 0 Å². The van der Waals surface area contributed by atoms with Gasteiger partial charge in [0, 0.05) is 5.56 Å². The molecule has 0 saturated heterocycles. The lowest BCUT2D eigenvalue weighted by Gasteiger charge is -2.20. The van der Waals surface area contributed by atoms with Crippen LogP contribution in [0.3, 0.4) is 0 Å². The standard InChI is InChI=1S/C16H22N2O5/c1-3-10(2)14(16(21)22)18-13(19)7-8-23-12-6-4-5-11(9-12)15(17)20/h4-6,9-10,14H,3,7-8H2,1-2H3,(H2,17,20)(H,18,19)(H,21,22)/t10-,14-/m0/s1. The van der Waals surface area contributed by atoms with Gasteiger partial charge in [-0.25, -0.2) is 4.79 Å². The fraction of sp³-hybridized carbons (Fsp3) is 0.438. The Labute approximate surface area is 134 Å². The number of primary amides is 1. The van der Waals surface area contributed by atoms with Crippen LogP contribution in [-0.2, 0) is 9.59 Å². The molecule has 0 fully saturated rings. The molecular weight excluding hydrogens is 300 g/mol. The fourth-order valence-corrected chi connectivity index (χ4v) is 1.93. The van der Waals surface area contributed by atoms with Crippen molar-refractivity contribution in [2.24, 2.45) is 11.7 Å². The molecule has 1 aromatic rings. The average molecular weight is 322 g/mol. The normalized spacial score (nSPS) is 13.0. The first-order valence-corrected chi connectivity index (χ1v) is 7.40. The third kappa shape index (κ3) is 5.98. The number of hydrogen-bond donors (Lipinski definition) is 3. The summed E-state index contributed by atoms with van der Waals surface area (Å²) in [6.07, 6.45) is 0.661. The molecule has 0 aliphatic rings. The third-order valence-corrected chi connectivity index (χ3v) is 3.51. The molecule has 0 aromatic heterocycles. The number of benzene rings is 1. The van der Waals surface area contributed by atoms with Crippen LogP contribution in [0.25, 0.3) is 0 Å². The van der Waals surface area contributed by atoms with Crippen molar-refractivity contribution in [3.8, 4) is 5.75 Å². The summed E-state index contributed by atoms with van der Waals surface area (Å²) in [4.78, 5) is 34.0. The second-order valence-corrected chi connectivity index (χ2v) is 5.26. The topological polar surface area (TPSA) is 119 Å². The van der Waals surface area contributed by atoms with E-state index in [-0.39, 0.29) is 18.9 Å². The van der Waals surface area contributed by atoms with Crippen molar-refractivity contribution in [1.29, 1.82) is 0 Å². The van der Waals surface area contributed by atoms with Gasteiger partial charge in [-0.2, -0.15) is 0 Å². The van der Waals surface area contributed by atoms with E-state index in [1.807, 2.05) is 6.92 Å². The average Bonchev–Trinajstić information content (AvgIpc) is 2.51. The lowest BCUT2D eigenvalue weighted by Crippen LogP contribution is -2.45. The fourth-order valence-electron chi connectivity index (χ4n) is 1.93. The Balaban J connectivity index is 2.49. The molecule has 126 valence electrons. The smallest absolute Gasteiger partial charge is 0.326 e. The molecule has 0 unspecified atom stereocenters. The summed E-state index contributed by atoms with van der Waals surface area (Å²) in [5.74, 6) is -1.76. The van der Waals surface area contributed by atoms with Crippen LogP contribution in [0.1, 0.15) is 37.0 Å². The van der Waals surface area contributed by atoms with Crippen molar-refractivity contribution < 1.29 is 24.2 Å². The molecule has 0 heterocycles. The number of rotatable bonds is 9. The summed E-state index contributed by atoms with van der Waals surface area (Å²) in [7, 11) is 0. The van der Waals surface area contributed by atoms with Crippen molar-refractivity contribution in [2.45, 2.75) is 32.7 Å². The van der Waals surface area contributed by atoms with E-state index in [4.69, 9.17) is 15.6 Å². The molecular formula is C16H22N2O5. The zero-order valence-electron chi connectivity index (χ0n) is 13.2. The quantitative estimate of drug-likeness (QED) is 0.630. The Morgan fingerprint density at radius 1 is 1.35 bits per heavy atom. The molecule has 2 amide bonds.